The van der Waals surface area contributed by atoms with E-state index in [0.717, 1.165) is 38.1 Å². The van der Waals surface area contributed by atoms with Crippen LogP contribution in [-0.2, 0) is 22.5 Å². The minimum absolute atomic E-state index is 0.158. The minimum Gasteiger partial charge on any atom is -0.367 e. The SMILES string of the molecule is CCCn1ccnc1CC(=O)C1(C)CCCCO1. The number of Topliss-reactive ketones (excluding diaryl/α,β-unsaturated/α-hetero) is 1. The highest BCUT2D eigenvalue weighted by atomic mass is 16.5. The number of carbonyl (C=O) groups excluding carboxylic acids is 1. The lowest BCUT2D eigenvalue weighted by atomic mass is 9.90. The summed E-state index contributed by atoms with van der Waals surface area (Å²) >= 11 is 0. The van der Waals surface area contributed by atoms with Gasteiger partial charge in [-0.15, -0.1) is 0 Å². The molecule has 0 N–H and O–H groups in total. The predicted octanol–water partition coefficient (Wildman–Crippen LogP) is 2.36. The predicted molar refractivity (Wildman–Crippen MR) is 69.4 cm³/mol. The molecule has 1 fully saturated rings. The molecule has 1 atom stereocenters. The summed E-state index contributed by atoms with van der Waals surface area (Å²) in [5.74, 6) is 1.02. The third-order valence-corrected chi connectivity index (χ3v) is 3.64. The first-order valence-electron chi connectivity index (χ1n) is 6.83. The molecule has 2 rings (SSSR count). The molecule has 1 aromatic heterocycles. The molecule has 1 aromatic rings. The van der Waals surface area contributed by atoms with Gasteiger partial charge in [-0.25, -0.2) is 4.98 Å². The average Bonchev–Trinajstić information content (AvgIpc) is 2.78. The van der Waals surface area contributed by atoms with Gasteiger partial charge >= 0.3 is 0 Å². The maximum Gasteiger partial charge on any atom is 0.171 e. The first-order chi connectivity index (χ1) is 8.65. The van der Waals surface area contributed by atoms with Crippen LogP contribution in [0.5, 0.6) is 0 Å². The number of ketones is 1. The molecule has 100 valence electrons. The van der Waals surface area contributed by atoms with Gasteiger partial charge in [0.15, 0.2) is 5.78 Å². The second-order valence-electron chi connectivity index (χ2n) is 5.17. The van der Waals surface area contributed by atoms with Crippen molar-refractivity contribution in [3.63, 3.8) is 0 Å². The summed E-state index contributed by atoms with van der Waals surface area (Å²) in [5, 5.41) is 0. The number of hydrogen-bond acceptors (Lipinski definition) is 3. The Hall–Kier alpha value is -1.16. The number of hydrogen-bond donors (Lipinski definition) is 0. The lowest BCUT2D eigenvalue weighted by molar-refractivity contribution is -0.147. The quantitative estimate of drug-likeness (QED) is 0.805. The molecule has 18 heavy (non-hydrogen) atoms. The average molecular weight is 250 g/mol. The van der Waals surface area contributed by atoms with E-state index in [4.69, 9.17) is 4.74 Å². The summed E-state index contributed by atoms with van der Waals surface area (Å²) in [6.45, 7) is 5.66. The van der Waals surface area contributed by atoms with Gasteiger partial charge in [0.1, 0.15) is 11.4 Å². The van der Waals surface area contributed by atoms with Crippen molar-refractivity contribution in [3.8, 4) is 0 Å². The Morgan fingerprint density at radius 2 is 2.39 bits per heavy atom. The molecule has 0 aromatic carbocycles. The van der Waals surface area contributed by atoms with Crippen molar-refractivity contribution >= 4 is 5.78 Å². The minimum atomic E-state index is -0.596. The van der Waals surface area contributed by atoms with Crippen LogP contribution >= 0.6 is 0 Å². The molecule has 0 spiro atoms. The first kappa shape index (κ1) is 13.3. The Morgan fingerprint density at radius 3 is 3.06 bits per heavy atom. The van der Waals surface area contributed by atoms with Crippen LogP contribution in [0.1, 0.15) is 45.4 Å². The number of imidazole rings is 1. The van der Waals surface area contributed by atoms with E-state index in [1.165, 1.54) is 0 Å². The molecule has 4 heteroatoms. The largest absolute Gasteiger partial charge is 0.367 e. The fourth-order valence-electron chi connectivity index (χ4n) is 2.44. The van der Waals surface area contributed by atoms with Crippen LogP contribution in [-0.4, -0.2) is 27.5 Å². The van der Waals surface area contributed by atoms with E-state index in [1.54, 1.807) is 6.20 Å². The van der Waals surface area contributed by atoms with Crippen molar-refractivity contribution in [3.05, 3.63) is 18.2 Å². The van der Waals surface area contributed by atoms with E-state index in [0.29, 0.717) is 13.0 Å². The molecule has 1 unspecified atom stereocenters. The van der Waals surface area contributed by atoms with E-state index in [9.17, 15) is 4.79 Å². The number of carbonyl (C=O) groups is 1. The van der Waals surface area contributed by atoms with Gasteiger partial charge in [0, 0.05) is 25.5 Å². The molecule has 0 radical (unpaired) electrons. The van der Waals surface area contributed by atoms with Gasteiger partial charge in [-0.05, 0) is 32.6 Å². The zero-order valence-corrected chi connectivity index (χ0v) is 11.3. The lowest BCUT2D eigenvalue weighted by Gasteiger charge is -2.32. The lowest BCUT2D eigenvalue weighted by Crippen LogP contribution is -2.42. The summed E-state index contributed by atoms with van der Waals surface area (Å²) in [7, 11) is 0. The van der Waals surface area contributed by atoms with Crippen LogP contribution in [0.15, 0.2) is 12.4 Å². The first-order valence-corrected chi connectivity index (χ1v) is 6.83. The Kier molecular flexibility index (Phi) is 4.17. The van der Waals surface area contributed by atoms with E-state index in [-0.39, 0.29) is 5.78 Å². The normalized spacial score (nSPS) is 24.1. The van der Waals surface area contributed by atoms with Gasteiger partial charge in [0.25, 0.3) is 0 Å². The van der Waals surface area contributed by atoms with Crippen molar-refractivity contribution in [2.24, 2.45) is 0 Å². The zero-order chi connectivity index (χ0) is 13.0. The fourth-order valence-corrected chi connectivity index (χ4v) is 2.44. The number of aromatic nitrogens is 2. The Bertz CT molecular complexity index is 406. The van der Waals surface area contributed by atoms with Crippen molar-refractivity contribution in [2.45, 2.75) is 58.1 Å². The second kappa shape index (κ2) is 5.65. The highest BCUT2D eigenvalue weighted by molar-refractivity contribution is 5.88. The fraction of sp³-hybridized carbons (Fsp3) is 0.714. The molecule has 2 heterocycles. The monoisotopic (exact) mass is 250 g/mol. The smallest absolute Gasteiger partial charge is 0.171 e. The maximum atomic E-state index is 12.4. The van der Waals surface area contributed by atoms with E-state index >= 15 is 0 Å². The maximum absolute atomic E-state index is 12.4. The van der Waals surface area contributed by atoms with Crippen LogP contribution in [0.2, 0.25) is 0 Å². The summed E-state index contributed by atoms with van der Waals surface area (Å²) < 4.78 is 7.75. The van der Waals surface area contributed by atoms with Gasteiger partial charge in [-0.1, -0.05) is 6.92 Å². The Morgan fingerprint density at radius 1 is 1.56 bits per heavy atom. The highest BCUT2D eigenvalue weighted by Gasteiger charge is 2.36. The van der Waals surface area contributed by atoms with Crippen LogP contribution in [0, 0.1) is 0 Å². The van der Waals surface area contributed by atoms with Crippen molar-refractivity contribution in [1.82, 2.24) is 9.55 Å². The van der Waals surface area contributed by atoms with Crippen molar-refractivity contribution in [2.75, 3.05) is 6.61 Å². The summed E-state index contributed by atoms with van der Waals surface area (Å²) in [5.41, 5.74) is -0.596. The molecule has 0 bridgehead atoms. The standard InChI is InChI=1S/C14H22N2O2/c1-3-8-16-9-7-15-13(16)11-12(17)14(2)6-4-5-10-18-14/h7,9H,3-6,8,10-11H2,1-2H3. The van der Waals surface area contributed by atoms with Gasteiger partial charge in [0.05, 0.1) is 6.42 Å². The molecular formula is C14H22N2O2. The third-order valence-electron chi connectivity index (χ3n) is 3.64. The van der Waals surface area contributed by atoms with Crippen LogP contribution in [0.25, 0.3) is 0 Å². The van der Waals surface area contributed by atoms with E-state index in [2.05, 4.69) is 16.5 Å². The highest BCUT2D eigenvalue weighted by Crippen LogP contribution is 2.26. The Balaban J connectivity index is 2.03. The topological polar surface area (TPSA) is 44.1 Å². The molecule has 1 aliphatic rings. The van der Waals surface area contributed by atoms with Gasteiger partial charge in [-0.3, -0.25) is 4.79 Å². The number of ether oxygens (including phenoxy) is 1. The number of aryl methyl sites for hydroxylation is 1. The summed E-state index contributed by atoms with van der Waals surface area (Å²) in [6, 6.07) is 0. The van der Waals surface area contributed by atoms with Gasteiger partial charge in [-0.2, -0.15) is 0 Å². The van der Waals surface area contributed by atoms with Gasteiger partial charge in [0.2, 0.25) is 0 Å². The van der Waals surface area contributed by atoms with E-state index < -0.39 is 5.60 Å². The Labute approximate surface area is 108 Å². The molecule has 1 aliphatic heterocycles. The van der Waals surface area contributed by atoms with Crippen LogP contribution in [0.4, 0.5) is 0 Å². The summed E-state index contributed by atoms with van der Waals surface area (Å²) in [4.78, 5) is 16.7. The van der Waals surface area contributed by atoms with Crippen molar-refractivity contribution < 1.29 is 9.53 Å². The van der Waals surface area contributed by atoms with E-state index in [1.807, 2.05) is 13.1 Å². The number of nitrogens with zero attached hydrogens (tertiary/aromatic N) is 2. The molecule has 0 aliphatic carbocycles. The third kappa shape index (κ3) is 2.80. The molecule has 4 nitrogen and oxygen atoms in total. The zero-order valence-electron chi connectivity index (χ0n) is 11.3. The van der Waals surface area contributed by atoms with Gasteiger partial charge < -0.3 is 9.30 Å². The molecule has 0 saturated carbocycles. The molecule has 0 amide bonds. The molecule has 1 saturated heterocycles. The van der Waals surface area contributed by atoms with Crippen LogP contribution in [0.3, 0.4) is 0 Å². The number of rotatable bonds is 5. The van der Waals surface area contributed by atoms with Crippen molar-refractivity contribution in [1.29, 1.82) is 0 Å². The summed E-state index contributed by atoms with van der Waals surface area (Å²) in [6.07, 6.45) is 8.10. The second-order valence-corrected chi connectivity index (χ2v) is 5.17. The molecular weight excluding hydrogens is 228 g/mol. The van der Waals surface area contributed by atoms with Crippen LogP contribution < -0.4 is 0 Å².